The molecule has 0 bridgehead atoms. The van der Waals surface area contributed by atoms with E-state index in [1.807, 2.05) is 0 Å². The van der Waals surface area contributed by atoms with Crippen molar-refractivity contribution in [1.82, 2.24) is 0 Å². The van der Waals surface area contributed by atoms with Crippen LogP contribution in [0.5, 0.6) is 5.75 Å². The zero-order valence-electron chi connectivity index (χ0n) is 13.6. The number of hydrogen-bond donors (Lipinski definition) is 1. The van der Waals surface area contributed by atoms with Gasteiger partial charge in [0.2, 0.25) is 0 Å². The zero-order valence-corrected chi connectivity index (χ0v) is 13.6. The largest absolute Gasteiger partial charge is 0.435 e. The number of hydrogen-bond acceptors (Lipinski definition) is 5. The average Bonchev–Trinajstić information content (AvgIpc) is 2.58. The van der Waals surface area contributed by atoms with Crippen LogP contribution in [0.25, 0.3) is 0 Å². The molecule has 144 valence electrons. The van der Waals surface area contributed by atoms with Crippen molar-refractivity contribution in [2.24, 2.45) is 5.10 Å². The average molecular weight is 389 g/mol. The van der Waals surface area contributed by atoms with Gasteiger partial charge in [-0.15, -0.1) is 0 Å². The normalized spacial score (nSPS) is 12.2. The summed E-state index contributed by atoms with van der Waals surface area (Å²) in [5.74, 6) is -0.0621. The Bertz CT molecular complexity index is 851. The van der Waals surface area contributed by atoms with E-state index in [9.17, 15) is 32.1 Å². The molecule has 0 fully saturated rings. The highest BCUT2D eigenvalue weighted by Gasteiger charge is 2.33. The first-order chi connectivity index (χ1) is 12.6. The summed E-state index contributed by atoms with van der Waals surface area (Å²) >= 11 is 0. The Balaban J connectivity index is 2.22. The van der Waals surface area contributed by atoms with Gasteiger partial charge in [0, 0.05) is 6.07 Å². The van der Waals surface area contributed by atoms with Crippen molar-refractivity contribution in [3.63, 3.8) is 0 Å². The maximum absolute atomic E-state index is 12.7. The Morgan fingerprint density at radius 3 is 2.33 bits per heavy atom. The molecule has 0 spiro atoms. The molecule has 0 atom stereocenters. The van der Waals surface area contributed by atoms with E-state index in [1.54, 1.807) is 0 Å². The van der Waals surface area contributed by atoms with E-state index >= 15 is 0 Å². The maximum Gasteiger partial charge on any atom is 0.416 e. The molecule has 0 heterocycles. The number of nitro benzene ring substituents is 1. The van der Waals surface area contributed by atoms with Gasteiger partial charge in [0.15, 0.2) is 0 Å². The molecule has 2 aromatic carbocycles. The van der Waals surface area contributed by atoms with E-state index in [0.29, 0.717) is 23.4 Å². The van der Waals surface area contributed by atoms with Gasteiger partial charge >= 0.3 is 12.8 Å². The van der Waals surface area contributed by atoms with Gasteiger partial charge in [-0.1, -0.05) is 0 Å². The van der Waals surface area contributed by atoms with E-state index in [4.69, 9.17) is 0 Å². The quantitative estimate of drug-likeness (QED) is 0.325. The number of nitrogens with zero attached hydrogens (tertiary/aromatic N) is 2. The van der Waals surface area contributed by atoms with Crippen LogP contribution < -0.4 is 10.2 Å². The van der Waals surface area contributed by atoms with Crippen molar-refractivity contribution in [3.8, 4) is 5.75 Å². The molecule has 0 unspecified atom stereocenters. The minimum Gasteiger partial charge on any atom is -0.435 e. The lowest BCUT2D eigenvalue weighted by Crippen LogP contribution is -2.07. The molecule has 1 N–H and O–H groups in total. The second-order valence-electron chi connectivity index (χ2n) is 5.20. The van der Waals surface area contributed by atoms with Crippen LogP contribution in [0, 0.1) is 10.1 Å². The smallest absolute Gasteiger partial charge is 0.416 e. The fourth-order valence-corrected chi connectivity index (χ4v) is 2.04. The number of ether oxygens (including phenoxy) is 1. The van der Waals surface area contributed by atoms with E-state index < -0.39 is 29.0 Å². The molecule has 0 amide bonds. The Labute approximate surface area is 149 Å². The van der Waals surface area contributed by atoms with E-state index in [-0.39, 0.29) is 11.4 Å². The van der Waals surface area contributed by atoms with E-state index in [0.717, 1.165) is 6.07 Å². The number of nitro groups is 1. The van der Waals surface area contributed by atoms with Crippen molar-refractivity contribution in [2.75, 3.05) is 5.43 Å². The number of anilines is 1. The second kappa shape index (κ2) is 7.98. The van der Waals surface area contributed by atoms with Crippen molar-refractivity contribution >= 4 is 17.1 Å². The highest BCUT2D eigenvalue weighted by Crippen LogP contribution is 2.35. The molecule has 0 aliphatic rings. The predicted molar refractivity (Wildman–Crippen MR) is 87.0 cm³/mol. The molecule has 2 rings (SSSR count). The first-order valence-corrected chi connectivity index (χ1v) is 7.29. The summed E-state index contributed by atoms with van der Waals surface area (Å²) < 4.78 is 66.5. The molecular formula is C16H12F5N3O3. The van der Waals surface area contributed by atoms with Crippen molar-refractivity contribution < 1.29 is 31.6 Å². The Morgan fingerprint density at radius 2 is 1.81 bits per heavy atom. The van der Waals surface area contributed by atoms with Crippen LogP contribution in [0.4, 0.5) is 33.3 Å². The Morgan fingerprint density at radius 1 is 1.19 bits per heavy atom. The zero-order chi connectivity index (χ0) is 20.2. The fourth-order valence-electron chi connectivity index (χ4n) is 2.04. The minimum atomic E-state index is -4.72. The molecule has 0 aliphatic heterocycles. The first-order valence-electron chi connectivity index (χ1n) is 7.29. The lowest BCUT2D eigenvalue weighted by Gasteiger charge is -2.09. The number of hydrazone groups is 1. The SMILES string of the molecule is CC(=NNc1ccc(C(F)(F)F)cc1[N+](=O)[O-])c1ccc(OC(F)F)cc1. The Kier molecular flexibility index (Phi) is 5.93. The minimum absolute atomic E-state index is 0.0621. The van der Waals surface area contributed by atoms with Gasteiger partial charge < -0.3 is 4.74 Å². The molecule has 11 heteroatoms. The van der Waals surface area contributed by atoms with E-state index in [1.165, 1.54) is 31.2 Å². The van der Waals surface area contributed by atoms with Crippen LogP contribution in [0.2, 0.25) is 0 Å². The van der Waals surface area contributed by atoms with Gasteiger partial charge in [-0.3, -0.25) is 15.5 Å². The van der Waals surface area contributed by atoms with Gasteiger partial charge in [0.05, 0.1) is 16.2 Å². The summed E-state index contributed by atoms with van der Waals surface area (Å²) in [5, 5.41) is 14.9. The summed E-state index contributed by atoms with van der Waals surface area (Å²) in [4.78, 5) is 10.1. The summed E-state index contributed by atoms with van der Waals surface area (Å²) in [5.41, 5.74) is 0.965. The van der Waals surface area contributed by atoms with Gasteiger partial charge in [0.25, 0.3) is 5.69 Å². The second-order valence-corrected chi connectivity index (χ2v) is 5.20. The van der Waals surface area contributed by atoms with Crippen molar-refractivity contribution in [3.05, 3.63) is 63.7 Å². The van der Waals surface area contributed by atoms with Crippen LogP contribution in [-0.4, -0.2) is 17.2 Å². The summed E-state index contributed by atoms with van der Waals surface area (Å²) in [6.45, 7) is -1.45. The lowest BCUT2D eigenvalue weighted by atomic mass is 10.1. The number of rotatable bonds is 6. The maximum atomic E-state index is 12.7. The molecule has 0 aromatic heterocycles. The fraction of sp³-hybridized carbons (Fsp3) is 0.188. The van der Waals surface area contributed by atoms with Crippen LogP contribution >= 0.6 is 0 Å². The number of halogens is 5. The lowest BCUT2D eigenvalue weighted by molar-refractivity contribution is -0.384. The van der Waals surface area contributed by atoms with Gasteiger partial charge in [-0.2, -0.15) is 27.1 Å². The number of alkyl halides is 5. The molecule has 0 saturated heterocycles. The summed E-state index contributed by atoms with van der Waals surface area (Å²) in [6.07, 6.45) is -4.72. The Hall–Kier alpha value is -3.24. The third-order valence-electron chi connectivity index (χ3n) is 3.36. The van der Waals surface area contributed by atoms with Crippen LogP contribution in [0.1, 0.15) is 18.1 Å². The van der Waals surface area contributed by atoms with Gasteiger partial charge in [-0.25, -0.2) is 0 Å². The van der Waals surface area contributed by atoms with Crippen molar-refractivity contribution in [2.45, 2.75) is 19.7 Å². The molecule has 0 aliphatic carbocycles. The van der Waals surface area contributed by atoms with Crippen LogP contribution in [0.3, 0.4) is 0 Å². The van der Waals surface area contributed by atoms with Gasteiger partial charge in [0.1, 0.15) is 11.4 Å². The molecule has 2 aromatic rings. The highest BCUT2D eigenvalue weighted by molar-refractivity contribution is 5.99. The van der Waals surface area contributed by atoms with Gasteiger partial charge in [-0.05, 0) is 48.9 Å². The molecule has 0 radical (unpaired) electrons. The standard InChI is InChI=1S/C16H12F5N3O3/c1-9(10-2-5-12(6-3-10)27-15(17)18)22-23-13-7-4-11(16(19,20)21)8-14(13)24(25)26/h2-8,15,23H,1H3. The van der Waals surface area contributed by atoms with Crippen molar-refractivity contribution in [1.29, 1.82) is 0 Å². The van der Waals surface area contributed by atoms with Crippen LogP contribution in [0.15, 0.2) is 47.6 Å². The number of benzene rings is 2. The van der Waals surface area contributed by atoms with E-state index in [2.05, 4.69) is 15.3 Å². The molecule has 0 saturated carbocycles. The third-order valence-corrected chi connectivity index (χ3v) is 3.36. The summed E-state index contributed by atoms with van der Waals surface area (Å²) in [6, 6.07) is 7.42. The highest BCUT2D eigenvalue weighted by atomic mass is 19.4. The van der Waals surface area contributed by atoms with Crippen LogP contribution in [-0.2, 0) is 6.18 Å². The molecule has 27 heavy (non-hydrogen) atoms. The monoisotopic (exact) mass is 389 g/mol. The first kappa shape index (κ1) is 20.1. The number of nitrogens with one attached hydrogen (secondary N) is 1. The third kappa shape index (κ3) is 5.36. The summed E-state index contributed by atoms with van der Waals surface area (Å²) in [7, 11) is 0. The topological polar surface area (TPSA) is 76.8 Å². The molecule has 6 nitrogen and oxygen atoms in total. The predicted octanol–water partition coefficient (Wildman–Crippen LogP) is 5.05. The molecular weight excluding hydrogens is 377 g/mol.